The molecule has 31 heavy (non-hydrogen) atoms. The predicted octanol–water partition coefficient (Wildman–Crippen LogP) is 5.18. The summed E-state index contributed by atoms with van der Waals surface area (Å²) < 4.78 is 0. The second-order valence-electron chi connectivity index (χ2n) is 8.05. The number of hydrogen-bond acceptors (Lipinski definition) is 4. The van der Waals surface area contributed by atoms with Crippen LogP contribution in [-0.4, -0.2) is 34.3 Å². The fourth-order valence-corrected chi connectivity index (χ4v) is 4.54. The monoisotopic (exact) mass is 438 g/mol. The van der Waals surface area contributed by atoms with Crippen LogP contribution < -0.4 is 5.32 Å². The molecule has 0 aromatic heterocycles. The van der Waals surface area contributed by atoms with E-state index in [2.05, 4.69) is 24.4 Å². The number of nitrogens with zero attached hydrogens (tertiary/aromatic N) is 1. The molecule has 2 aromatic carbocycles. The van der Waals surface area contributed by atoms with Gasteiger partial charge in [0.25, 0.3) is 5.24 Å². The van der Waals surface area contributed by atoms with E-state index < -0.39 is 0 Å². The van der Waals surface area contributed by atoms with Crippen molar-refractivity contribution in [2.75, 3.05) is 7.05 Å². The summed E-state index contributed by atoms with van der Waals surface area (Å²) in [6.07, 6.45) is 5.57. The number of rotatable bonds is 10. The second-order valence-corrected chi connectivity index (χ2v) is 9.22. The lowest BCUT2D eigenvalue weighted by atomic mass is 10.00. The summed E-state index contributed by atoms with van der Waals surface area (Å²) in [6.45, 7) is 2.77. The van der Waals surface area contributed by atoms with Crippen molar-refractivity contribution in [1.82, 2.24) is 10.2 Å². The topological polar surface area (TPSA) is 66.5 Å². The van der Waals surface area contributed by atoms with Gasteiger partial charge in [0.1, 0.15) is 0 Å². The van der Waals surface area contributed by atoms with Gasteiger partial charge in [-0.3, -0.25) is 19.7 Å². The number of unbranched alkanes of at least 4 members (excludes halogenated alkanes) is 3. The average Bonchev–Trinajstić information content (AvgIpc) is 3.08. The smallest absolute Gasteiger partial charge is 0.286 e. The molecule has 5 nitrogen and oxygen atoms in total. The Balaban J connectivity index is 1.58. The summed E-state index contributed by atoms with van der Waals surface area (Å²) in [4.78, 5) is 37.3. The van der Waals surface area contributed by atoms with Crippen molar-refractivity contribution < 1.29 is 14.4 Å². The van der Waals surface area contributed by atoms with Crippen molar-refractivity contribution in [3.05, 3.63) is 59.7 Å². The lowest BCUT2D eigenvalue weighted by Gasteiger charge is -2.18. The molecule has 1 fully saturated rings. The molecule has 1 aliphatic rings. The van der Waals surface area contributed by atoms with Gasteiger partial charge in [0.2, 0.25) is 11.8 Å². The van der Waals surface area contributed by atoms with Crippen LogP contribution >= 0.6 is 11.8 Å². The number of carbonyl (C=O) groups excluding carboxylic acids is 3. The molecule has 1 unspecified atom stereocenters. The largest absolute Gasteiger partial charge is 0.341 e. The lowest BCUT2D eigenvalue weighted by molar-refractivity contribution is -0.130. The molecular weight excluding hydrogens is 408 g/mol. The number of amides is 3. The lowest BCUT2D eigenvalue weighted by Crippen LogP contribution is -2.25. The van der Waals surface area contributed by atoms with E-state index in [1.54, 1.807) is 4.90 Å². The molecule has 164 valence electrons. The minimum absolute atomic E-state index is 0.193. The number of hydrogen-bond donors (Lipinski definition) is 1. The van der Waals surface area contributed by atoms with Crippen molar-refractivity contribution in [2.24, 2.45) is 0 Å². The summed E-state index contributed by atoms with van der Waals surface area (Å²) in [5.74, 6) is -0.0195. The first kappa shape index (κ1) is 23.1. The highest BCUT2D eigenvalue weighted by Gasteiger charge is 2.31. The molecule has 2 aromatic rings. The Bertz CT molecular complexity index is 927. The molecule has 0 bridgehead atoms. The fourth-order valence-electron chi connectivity index (χ4n) is 3.68. The van der Waals surface area contributed by atoms with E-state index in [9.17, 15) is 14.4 Å². The zero-order valence-corrected chi connectivity index (χ0v) is 19.0. The molecule has 1 atom stereocenters. The van der Waals surface area contributed by atoms with Gasteiger partial charge in [-0.1, -0.05) is 80.4 Å². The maximum atomic E-state index is 12.4. The van der Waals surface area contributed by atoms with Crippen LogP contribution in [0.15, 0.2) is 48.5 Å². The fraction of sp³-hybridized carbons (Fsp3) is 0.400. The first-order valence-corrected chi connectivity index (χ1v) is 11.8. The first-order chi connectivity index (χ1) is 15.0. The number of carbonyl (C=O) groups is 3. The van der Waals surface area contributed by atoms with E-state index in [-0.39, 0.29) is 22.3 Å². The van der Waals surface area contributed by atoms with Crippen LogP contribution in [0, 0.1) is 0 Å². The Morgan fingerprint density at radius 1 is 1.00 bits per heavy atom. The van der Waals surface area contributed by atoms with Crippen LogP contribution in [0.5, 0.6) is 0 Å². The van der Waals surface area contributed by atoms with E-state index in [1.807, 2.05) is 43.4 Å². The standard InChI is InChI=1S/C25H30N2O3S/c1-3-4-5-6-10-23(28)27(2)17-19-8-7-9-21(15-19)20-13-11-18(12-14-20)16-22-24(29)26-25(30)31-22/h7-9,11-15,22H,3-6,10,16-17H2,1-2H3,(H,26,29,30). The van der Waals surface area contributed by atoms with Crippen LogP contribution in [0.2, 0.25) is 0 Å². The third-order valence-corrected chi connectivity index (χ3v) is 6.47. The maximum Gasteiger partial charge on any atom is 0.286 e. The quantitative estimate of drug-likeness (QED) is 0.519. The van der Waals surface area contributed by atoms with Gasteiger partial charge in [0.15, 0.2) is 0 Å². The normalized spacial score (nSPS) is 15.7. The molecular formula is C25H30N2O3S. The molecule has 1 saturated heterocycles. The highest BCUT2D eigenvalue weighted by Crippen LogP contribution is 2.25. The van der Waals surface area contributed by atoms with Crippen LogP contribution in [0.4, 0.5) is 4.79 Å². The number of imide groups is 1. The van der Waals surface area contributed by atoms with Gasteiger partial charge in [0.05, 0.1) is 5.25 Å². The molecule has 0 aliphatic carbocycles. The Morgan fingerprint density at radius 3 is 2.45 bits per heavy atom. The van der Waals surface area contributed by atoms with Crippen LogP contribution in [0.1, 0.15) is 50.2 Å². The highest BCUT2D eigenvalue weighted by atomic mass is 32.2. The van der Waals surface area contributed by atoms with E-state index in [0.29, 0.717) is 19.4 Å². The molecule has 1 heterocycles. The molecule has 1 N–H and O–H groups in total. The summed E-state index contributed by atoms with van der Waals surface area (Å²) in [7, 11) is 1.87. The number of thioether (sulfide) groups is 1. The van der Waals surface area contributed by atoms with Gasteiger partial charge in [-0.15, -0.1) is 0 Å². The molecule has 3 rings (SSSR count). The average molecular weight is 439 g/mol. The Labute approximate surface area is 188 Å². The summed E-state index contributed by atoms with van der Waals surface area (Å²) >= 11 is 1.05. The zero-order valence-electron chi connectivity index (χ0n) is 18.2. The summed E-state index contributed by atoms with van der Waals surface area (Å²) in [5, 5.41) is 1.71. The SMILES string of the molecule is CCCCCCC(=O)N(C)Cc1cccc(-c2ccc(CC3SC(=O)NC3=O)cc2)c1. The van der Waals surface area contributed by atoms with Gasteiger partial charge in [-0.2, -0.15) is 0 Å². The highest BCUT2D eigenvalue weighted by molar-refractivity contribution is 8.15. The van der Waals surface area contributed by atoms with Crippen molar-refractivity contribution in [3.63, 3.8) is 0 Å². The van der Waals surface area contributed by atoms with Gasteiger partial charge in [-0.05, 0) is 41.2 Å². The maximum absolute atomic E-state index is 12.4. The Morgan fingerprint density at radius 2 is 1.77 bits per heavy atom. The van der Waals surface area contributed by atoms with Gasteiger partial charge < -0.3 is 4.90 Å². The molecule has 6 heteroatoms. The predicted molar refractivity (Wildman–Crippen MR) is 126 cm³/mol. The molecule has 0 saturated carbocycles. The van der Waals surface area contributed by atoms with E-state index >= 15 is 0 Å². The summed E-state index contributed by atoms with van der Waals surface area (Å²) in [6, 6.07) is 16.3. The summed E-state index contributed by atoms with van der Waals surface area (Å²) in [5.41, 5.74) is 4.30. The molecule has 3 amide bonds. The van der Waals surface area contributed by atoms with Crippen molar-refractivity contribution in [2.45, 2.75) is 57.2 Å². The molecule has 0 radical (unpaired) electrons. The Hall–Kier alpha value is -2.60. The van der Waals surface area contributed by atoms with Gasteiger partial charge in [0, 0.05) is 20.0 Å². The third-order valence-electron chi connectivity index (χ3n) is 5.49. The van der Waals surface area contributed by atoms with Crippen molar-refractivity contribution in [1.29, 1.82) is 0 Å². The van der Waals surface area contributed by atoms with Gasteiger partial charge >= 0.3 is 0 Å². The van der Waals surface area contributed by atoms with E-state index in [4.69, 9.17) is 0 Å². The van der Waals surface area contributed by atoms with Crippen molar-refractivity contribution >= 4 is 28.8 Å². The van der Waals surface area contributed by atoms with Crippen LogP contribution in [-0.2, 0) is 22.6 Å². The van der Waals surface area contributed by atoms with E-state index in [0.717, 1.165) is 46.9 Å². The number of nitrogens with one attached hydrogen (secondary N) is 1. The minimum atomic E-state index is -0.350. The second kappa shape index (κ2) is 11.1. The van der Waals surface area contributed by atoms with E-state index in [1.165, 1.54) is 12.8 Å². The minimum Gasteiger partial charge on any atom is -0.341 e. The van der Waals surface area contributed by atoms with Crippen LogP contribution in [0.25, 0.3) is 11.1 Å². The zero-order chi connectivity index (χ0) is 22.2. The first-order valence-electron chi connectivity index (χ1n) is 10.9. The van der Waals surface area contributed by atoms with Gasteiger partial charge in [-0.25, -0.2) is 0 Å². The Kier molecular flexibility index (Phi) is 8.29. The van der Waals surface area contributed by atoms with Crippen LogP contribution in [0.3, 0.4) is 0 Å². The molecule has 0 spiro atoms. The third kappa shape index (κ3) is 6.69. The molecule has 1 aliphatic heterocycles. The van der Waals surface area contributed by atoms with Crippen molar-refractivity contribution in [3.8, 4) is 11.1 Å². The number of benzene rings is 2.